The molecule has 0 heterocycles. The van der Waals surface area contributed by atoms with Crippen molar-refractivity contribution in [2.45, 2.75) is 32.0 Å². The molecule has 21 heavy (non-hydrogen) atoms. The lowest BCUT2D eigenvalue weighted by molar-refractivity contribution is 0.0764. The van der Waals surface area contributed by atoms with Gasteiger partial charge in [-0.05, 0) is 42.0 Å². The highest BCUT2D eigenvalue weighted by molar-refractivity contribution is 5.53. The average Bonchev–Trinajstić information content (AvgIpc) is 2.52. The van der Waals surface area contributed by atoms with Crippen molar-refractivity contribution >= 4 is 0 Å². The van der Waals surface area contributed by atoms with Crippen LogP contribution in [0.15, 0.2) is 47.1 Å². The molecule has 4 aliphatic rings. The second kappa shape index (κ2) is 4.82. The summed E-state index contributed by atoms with van der Waals surface area (Å²) in [5.41, 5.74) is 7.04. The summed E-state index contributed by atoms with van der Waals surface area (Å²) in [6.45, 7) is 2.27. The molecule has 1 aromatic rings. The van der Waals surface area contributed by atoms with Crippen LogP contribution in [0.4, 0.5) is 0 Å². The Morgan fingerprint density at radius 2 is 1.52 bits per heavy atom. The van der Waals surface area contributed by atoms with Crippen LogP contribution in [0.2, 0.25) is 0 Å². The Labute approximate surface area is 126 Å². The molecular formula is C19H22O2. The van der Waals surface area contributed by atoms with E-state index in [9.17, 15) is 0 Å². The second-order valence-electron chi connectivity index (χ2n) is 6.42. The SMILES string of the molecule is CO[C@@H]1C2=C([C@H]3C=C(C)[C@@H]2CC3)[C@H](OC)c2ccccc21. The smallest absolute Gasteiger partial charge is 0.105 e. The minimum absolute atomic E-state index is 0.0963. The number of allylic oxidation sites excluding steroid dienone is 2. The first-order chi connectivity index (χ1) is 10.3. The van der Waals surface area contributed by atoms with E-state index in [1.54, 1.807) is 0 Å². The van der Waals surface area contributed by atoms with Crippen LogP contribution >= 0.6 is 0 Å². The third-order valence-corrected chi connectivity index (χ3v) is 5.49. The van der Waals surface area contributed by atoms with Gasteiger partial charge in [-0.25, -0.2) is 0 Å². The summed E-state index contributed by atoms with van der Waals surface area (Å²) in [4.78, 5) is 0. The van der Waals surface area contributed by atoms with Crippen molar-refractivity contribution in [1.29, 1.82) is 0 Å². The van der Waals surface area contributed by atoms with E-state index in [0.717, 1.165) is 0 Å². The van der Waals surface area contributed by atoms with Crippen molar-refractivity contribution in [1.82, 2.24) is 0 Å². The molecule has 0 fully saturated rings. The van der Waals surface area contributed by atoms with Crippen molar-refractivity contribution in [3.8, 4) is 0 Å². The maximum atomic E-state index is 5.94. The third-order valence-electron chi connectivity index (χ3n) is 5.49. The van der Waals surface area contributed by atoms with Gasteiger partial charge in [-0.15, -0.1) is 0 Å². The predicted octanol–water partition coefficient (Wildman–Crippen LogP) is 4.36. The fraction of sp³-hybridized carbons (Fsp3) is 0.474. The fourth-order valence-corrected chi connectivity index (χ4v) is 4.66. The number of methoxy groups -OCH3 is 2. The van der Waals surface area contributed by atoms with Gasteiger partial charge in [0, 0.05) is 26.1 Å². The number of fused-ring (bicyclic) bond motifs is 2. The Balaban J connectivity index is 1.94. The number of benzene rings is 1. The maximum Gasteiger partial charge on any atom is 0.105 e. The molecule has 0 saturated heterocycles. The molecule has 2 bridgehead atoms. The Bertz CT molecular complexity index is 641. The summed E-state index contributed by atoms with van der Waals surface area (Å²) >= 11 is 0. The molecule has 2 heteroatoms. The van der Waals surface area contributed by atoms with Gasteiger partial charge in [0.1, 0.15) is 12.2 Å². The number of hydrogen-bond donors (Lipinski definition) is 0. The largest absolute Gasteiger partial charge is 0.372 e. The summed E-state index contributed by atoms with van der Waals surface area (Å²) in [7, 11) is 3.67. The van der Waals surface area contributed by atoms with Gasteiger partial charge < -0.3 is 9.47 Å². The first kappa shape index (κ1) is 13.3. The van der Waals surface area contributed by atoms with Crippen LogP contribution in [0.3, 0.4) is 0 Å². The van der Waals surface area contributed by atoms with E-state index in [2.05, 4.69) is 37.3 Å². The van der Waals surface area contributed by atoms with Crippen molar-refractivity contribution in [2.24, 2.45) is 11.8 Å². The van der Waals surface area contributed by atoms with Gasteiger partial charge in [0.05, 0.1) is 0 Å². The van der Waals surface area contributed by atoms with Gasteiger partial charge in [0.25, 0.3) is 0 Å². The van der Waals surface area contributed by atoms with Crippen LogP contribution in [0.5, 0.6) is 0 Å². The quantitative estimate of drug-likeness (QED) is 0.750. The Morgan fingerprint density at radius 1 is 0.905 bits per heavy atom. The Kier molecular flexibility index (Phi) is 3.05. The van der Waals surface area contributed by atoms with Crippen molar-refractivity contribution in [3.63, 3.8) is 0 Å². The monoisotopic (exact) mass is 282 g/mol. The molecule has 4 atom stereocenters. The topological polar surface area (TPSA) is 18.5 Å². The minimum atomic E-state index is 0.0963. The zero-order valence-electron chi connectivity index (χ0n) is 12.9. The molecule has 5 rings (SSSR count). The number of rotatable bonds is 2. The van der Waals surface area contributed by atoms with E-state index in [-0.39, 0.29) is 12.2 Å². The Morgan fingerprint density at radius 3 is 2.10 bits per heavy atom. The van der Waals surface area contributed by atoms with E-state index in [1.807, 2.05) is 14.2 Å². The van der Waals surface area contributed by atoms with E-state index in [4.69, 9.17) is 9.47 Å². The zero-order valence-corrected chi connectivity index (χ0v) is 12.9. The molecule has 0 unspecified atom stereocenters. The molecule has 2 nitrogen and oxygen atoms in total. The van der Waals surface area contributed by atoms with E-state index >= 15 is 0 Å². The van der Waals surface area contributed by atoms with Crippen LogP contribution in [0.25, 0.3) is 0 Å². The van der Waals surface area contributed by atoms with Crippen LogP contribution in [0, 0.1) is 11.8 Å². The van der Waals surface area contributed by atoms with Gasteiger partial charge in [-0.3, -0.25) is 0 Å². The van der Waals surface area contributed by atoms with Gasteiger partial charge in [0.2, 0.25) is 0 Å². The molecule has 1 aromatic carbocycles. The van der Waals surface area contributed by atoms with Gasteiger partial charge in [-0.1, -0.05) is 35.9 Å². The normalized spacial score (nSPS) is 33.6. The van der Waals surface area contributed by atoms with Crippen LogP contribution < -0.4 is 0 Å². The third kappa shape index (κ3) is 1.72. The molecular weight excluding hydrogens is 260 g/mol. The van der Waals surface area contributed by atoms with Crippen molar-refractivity contribution in [2.75, 3.05) is 14.2 Å². The van der Waals surface area contributed by atoms with Gasteiger partial charge in [0.15, 0.2) is 0 Å². The first-order valence-electron chi connectivity index (χ1n) is 7.82. The summed E-state index contributed by atoms with van der Waals surface area (Å²) in [6.07, 6.45) is 5.15. The highest BCUT2D eigenvalue weighted by atomic mass is 16.5. The molecule has 0 saturated carbocycles. The summed E-state index contributed by atoms with van der Waals surface area (Å²) in [5, 5.41) is 0. The molecule has 0 amide bonds. The first-order valence-corrected chi connectivity index (χ1v) is 7.82. The van der Waals surface area contributed by atoms with Crippen LogP contribution in [-0.4, -0.2) is 14.2 Å². The van der Waals surface area contributed by atoms with Crippen molar-refractivity contribution in [3.05, 3.63) is 58.2 Å². The summed E-state index contributed by atoms with van der Waals surface area (Å²) in [6, 6.07) is 8.59. The van der Waals surface area contributed by atoms with Gasteiger partial charge in [-0.2, -0.15) is 0 Å². The molecule has 0 N–H and O–H groups in total. The standard InChI is InChI=1S/C19H22O2/c1-11-10-12-8-9-13(11)17-16(12)18(20-2)14-6-4-5-7-15(14)19(17)21-3/h4-7,10,12-13,18-19H,8-9H2,1-3H3/t12-,13+,18-,19+/m1/s1. The zero-order chi connectivity index (χ0) is 14.6. The fourth-order valence-electron chi connectivity index (χ4n) is 4.66. The summed E-state index contributed by atoms with van der Waals surface area (Å²) in [5.74, 6) is 1.07. The second-order valence-corrected chi connectivity index (χ2v) is 6.42. The molecule has 110 valence electrons. The van der Waals surface area contributed by atoms with E-state index in [0.29, 0.717) is 11.8 Å². The predicted molar refractivity (Wildman–Crippen MR) is 82.9 cm³/mol. The lowest BCUT2D eigenvalue weighted by atomic mass is 9.61. The molecule has 0 aliphatic heterocycles. The van der Waals surface area contributed by atoms with Crippen LogP contribution in [-0.2, 0) is 9.47 Å². The van der Waals surface area contributed by atoms with Crippen LogP contribution in [0.1, 0.15) is 43.1 Å². The highest BCUT2D eigenvalue weighted by Crippen LogP contribution is 2.57. The summed E-state index contributed by atoms with van der Waals surface area (Å²) < 4.78 is 11.9. The highest BCUT2D eigenvalue weighted by Gasteiger charge is 2.45. The molecule has 0 radical (unpaired) electrons. The average molecular weight is 282 g/mol. The Hall–Kier alpha value is -1.38. The number of ether oxygens (including phenoxy) is 2. The molecule has 0 aromatic heterocycles. The van der Waals surface area contributed by atoms with Crippen molar-refractivity contribution < 1.29 is 9.47 Å². The van der Waals surface area contributed by atoms with E-state index < -0.39 is 0 Å². The number of hydrogen-bond acceptors (Lipinski definition) is 2. The molecule has 4 aliphatic carbocycles. The lowest BCUT2D eigenvalue weighted by Gasteiger charge is -2.47. The molecule has 0 spiro atoms. The minimum Gasteiger partial charge on any atom is -0.372 e. The lowest BCUT2D eigenvalue weighted by Crippen LogP contribution is -2.35. The maximum absolute atomic E-state index is 5.94. The van der Waals surface area contributed by atoms with E-state index in [1.165, 1.54) is 40.7 Å². The van der Waals surface area contributed by atoms with Gasteiger partial charge >= 0.3 is 0 Å².